The number of benzene rings is 1. The third kappa shape index (κ3) is 3.10. The first-order chi connectivity index (χ1) is 8.97. The van der Waals surface area contributed by atoms with Crippen molar-refractivity contribution in [3.05, 3.63) is 29.6 Å². The third-order valence-electron chi connectivity index (χ3n) is 3.38. The van der Waals surface area contributed by atoms with Crippen LogP contribution in [0.4, 0.5) is 10.1 Å². The summed E-state index contributed by atoms with van der Waals surface area (Å²) in [5, 5.41) is 0. The number of carbonyl (C=O) groups excluding carboxylic acids is 2. The molecule has 2 rings (SSSR count). The Morgan fingerprint density at radius 1 is 1.05 bits per heavy atom. The summed E-state index contributed by atoms with van der Waals surface area (Å²) in [5.41, 5.74) is 1.08. The largest absolute Gasteiger partial charge is 0.368 e. The van der Waals surface area contributed by atoms with Crippen molar-refractivity contribution in [2.45, 2.75) is 13.8 Å². The SMILES string of the molecule is CC(=O)c1cc(F)cc(N2CCN(C(C)=O)CC2)c1. The predicted molar refractivity (Wildman–Crippen MR) is 70.9 cm³/mol. The molecule has 1 heterocycles. The van der Waals surface area contributed by atoms with Crippen LogP contribution in [-0.2, 0) is 4.79 Å². The van der Waals surface area contributed by atoms with Crippen LogP contribution in [0.5, 0.6) is 0 Å². The minimum atomic E-state index is -0.406. The quantitative estimate of drug-likeness (QED) is 0.763. The van der Waals surface area contributed by atoms with Gasteiger partial charge in [0.15, 0.2) is 5.78 Å². The summed E-state index contributed by atoms with van der Waals surface area (Å²) in [6, 6.07) is 4.38. The number of rotatable bonds is 2. The Morgan fingerprint density at radius 2 is 1.68 bits per heavy atom. The van der Waals surface area contributed by atoms with Crippen LogP contribution in [0.25, 0.3) is 0 Å². The second-order valence-electron chi connectivity index (χ2n) is 4.75. The number of hydrogen-bond acceptors (Lipinski definition) is 3. The maximum absolute atomic E-state index is 13.5. The maximum Gasteiger partial charge on any atom is 0.219 e. The van der Waals surface area contributed by atoms with Crippen molar-refractivity contribution in [3.8, 4) is 0 Å². The van der Waals surface area contributed by atoms with Gasteiger partial charge in [-0.2, -0.15) is 0 Å². The van der Waals surface area contributed by atoms with Crippen LogP contribution >= 0.6 is 0 Å². The van der Waals surface area contributed by atoms with Gasteiger partial charge in [-0.3, -0.25) is 9.59 Å². The number of anilines is 1. The Labute approximate surface area is 111 Å². The zero-order chi connectivity index (χ0) is 14.0. The van der Waals surface area contributed by atoms with Gasteiger partial charge >= 0.3 is 0 Å². The first-order valence-corrected chi connectivity index (χ1v) is 6.29. The van der Waals surface area contributed by atoms with Crippen molar-refractivity contribution < 1.29 is 14.0 Å². The highest BCUT2D eigenvalue weighted by Gasteiger charge is 2.19. The number of Topliss-reactive ketones (excluding diaryl/α,β-unsaturated/α-hetero) is 1. The van der Waals surface area contributed by atoms with Crippen LogP contribution in [0.3, 0.4) is 0 Å². The van der Waals surface area contributed by atoms with Crippen molar-refractivity contribution in [2.24, 2.45) is 0 Å². The van der Waals surface area contributed by atoms with Crippen LogP contribution in [0.15, 0.2) is 18.2 Å². The van der Waals surface area contributed by atoms with E-state index in [0.717, 1.165) is 0 Å². The predicted octanol–water partition coefficient (Wildman–Crippen LogP) is 1.70. The molecule has 0 radical (unpaired) electrons. The van der Waals surface area contributed by atoms with E-state index in [1.54, 1.807) is 17.9 Å². The van der Waals surface area contributed by atoms with E-state index in [-0.39, 0.29) is 11.7 Å². The van der Waals surface area contributed by atoms with E-state index in [1.807, 2.05) is 4.90 Å². The fourth-order valence-corrected chi connectivity index (χ4v) is 2.24. The Bertz CT molecular complexity index is 508. The smallest absolute Gasteiger partial charge is 0.219 e. The summed E-state index contributed by atoms with van der Waals surface area (Å²) in [4.78, 5) is 26.3. The van der Waals surface area contributed by atoms with Gasteiger partial charge in [0.25, 0.3) is 0 Å². The number of carbonyl (C=O) groups is 2. The molecule has 1 aliphatic heterocycles. The molecule has 0 unspecified atom stereocenters. The second kappa shape index (κ2) is 5.38. The first-order valence-electron chi connectivity index (χ1n) is 6.29. The second-order valence-corrected chi connectivity index (χ2v) is 4.75. The minimum Gasteiger partial charge on any atom is -0.368 e. The van der Waals surface area contributed by atoms with Gasteiger partial charge in [0.2, 0.25) is 5.91 Å². The average Bonchev–Trinajstić information content (AvgIpc) is 2.38. The van der Waals surface area contributed by atoms with Gasteiger partial charge in [-0.05, 0) is 25.1 Å². The van der Waals surface area contributed by atoms with Crippen LogP contribution in [0, 0.1) is 5.82 Å². The van der Waals surface area contributed by atoms with Crippen molar-refractivity contribution in [2.75, 3.05) is 31.1 Å². The van der Waals surface area contributed by atoms with E-state index < -0.39 is 5.82 Å². The lowest BCUT2D eigenvalue weighted by Crippen LogP contribution is -2.48. The molecule has 102 valence electrons. The Hall–Kier alpha value is -1.91. The number of halogens is 1. The fraction of sp³-hybridized carbons (Fsp3) is 0.429. The number of ketones is 1. The molecular formula is C14H17FN2O2. The minimum absolute atomic E-state index is 0.0586. The molecule has 1 aliphatic rings. The van der Waals surface area contributed by atoms with Gasteiger partial charge in [0, 0.05) is 44.4 Å². The topological polar surface area (TPSA) is 40.6 Å². The highest BCUT2D eigenvalue weighted by atomic mass is 19.1. The summed E-state index contributed by atoms with van der Waals surface area (Å²) in [7, 11) is 0. The molecule has 0 N–H and O–H groups in total. The number of piperazine rings is 1. The monoisotopic (exact) mass is 264 g/mol. The fourth-order valence-electron chi connectivity index (χ4n) is 2.24. The van der Waals surface area contributed by atoms with Gasteiger partial charge in [-0.1, -0.05) is 0 Å². The van der Waals surface area contributed by atoms with Crippen molar-refractivity contribution in [1.29, 1.82) is 0 Å². The number of nitrogens with zero attached hydrogens (tertiary/aromatic N) is 2. The van der Waals surface area contributed by atoms with E-state index in [4.69, 9.17) is 0 Å². The molecule has 5 heteroatoms. The maximum atomic E-state index is 13.5. The van der Waals surface area contributed by atoms with Gasteiger partial charge in [0.05, 0.1) is 0 Å². The molecule has 0 atom stereocenters. The first kappa shape index (κ1) is 13.5. The van der Waals surface area contributed by atoms with Crippen molar-refractivity contribution in [1.82, 2.24) is 4.90 Å². The summed E-state index contributed by atoms with van der Waals surface area (Å²) < 4.78 is 13.5. The summed E-state index contributed by atoms with van der Waals surface area (Å²) in [6.07, 6.45) is 0. The van der Waals surface area contributed by atoms with Crippen LogP contribution in [0.2, 0.25) is 0 Å². The van der Waals surface area contributed by atoms with Crippen LogP contribution < -0.4 is 4.90 Å². The summed E-state index contributed by atoms with van der Waals surface area (Å²) in [6.45, 7) is 5.53. The molecular weight excluding hydrogens is 247 g/mol. The highest BCUT2D eigenvalue weighted by Crippen LogP contribution is 2.20. The lowest BCUT2D eigenvalue weighted by molar-refractivity contribution is -0.129. The highest BCUT2D eigenvalue weighted by molar-refractivity contribution is 5.95. The van der Waals surface area contributed by atoms with Crippen LogP contribution in [-0.4, -0.2) is 42.8 Å². The molecule has 1 aromatic carbocycles. The number of hydrogen-bond donors (Lipinski definition) is 0. The zero-order valence-corrected chi connectivity index (χ0v) is 11.1. The van der Waals surface area contributed by atoms with E-state index >= 15 is 0 Å². The van der Waals surface area contributed by atoms with Crippen molar-refractivity contribution in [3.63, 3.8) is 0 Å². The lowest BCUT2D eigenvalue weighted by Gasteiger charge is -2.35. The molecule has 0 bridgehead atoms. The third-order valence-corrected chi connectivity index (χ3v) is 3.38. The van der Waals surface area contributed by atoms with Gasteiger partial charge in [-0.25, -0.2) is 4.39 Å². The van der Waals surface area contributed by atoms with Crippen LogP contribution in [0.1, 0.15) is 24.2 Å². The van der Waals surface area contributed by atoms with Crippen molar-refractivity contribution >= 4 is 17.4 Å². The molecule has 0 spiro atoms. The molecule has 1 fully saturated rings. The molecule has 1 aromatic rings. The summed E-state index contributed by atoms with van der Waals surface area (Å²) in [5.74, 6) is -0.497. The molecule has 4 nitrogen and oxygen atoms in total. The molecule has 0 aromatic heterocycles. The molecule has 0 aliphatic carbocycles. The van der Waals surface area contributed by atoms with E-state index in [2.05, 4.69) is 0 Å². The summed E-state index contributed by atoms with van der Waals surface area (Å²) >= 11 is 0. The van der Waals surface area contributed by atoms with E-state index in [9.17, 15) is 14.0 Å². The Balaban J connectivity index is 2.15. The Kier molecular flexibility index (Phi) is 3.83. The van der Waals surface area contributed by atoms with E-state index in [1.165, 1.54) is 19.1 Å². The lowest BCUT2D eigenvalue weighted by atomic mass is 10.1. The normalized spacial score (nSPS) is 15.5. The molecule has 1 amide bonds. The van der Waals surface area contributed by atoms with Gasteiger partial charge < -0.3 is 9.80 Å². The average molecular weight is 264 g/mol. The van der Waals surface area contributed by atoms with Gasteiger partial charge in [0.1, 0.15) is 5.82 Å². The molecule has 1 saturated heterocycles. The Morgan fingerprint density at radius 3 is 2.21 bits per heavy atom. The van der Waals surface area contributed by atoms with E-state index in [0.29, 0.717) is 37.4 Å². The molecule has 0 saturated carbocycles. The zero-order valence-electron chi connectivity index (χ0n) is 11.1. The van der Waals surface area contributed by atoms with Gasteiger partial charge in [-0.15, -0.1) is 0 Å². The number of amides is 1. The molecule has 19 heavy (non-hydrogen) atoms. The standard InChI is InChI=1S/C14H17FN2O2/c1-10(18)12-7-13(15)9-14(8-12)17-5-3-16(4-6-17)11(2)19/h7-9H,3-6H2,1-2H3.